The minimum Gasteiger partial charge on any atom is -0.390 e. The summed E-state index contributed by atoms with van der Waals surface area (Å²) in [4.78, 5) is 0. The van der Waals surface area contributed by atoms with E-state index >= 15 is 0 Å². The predicted molar refractivity (Wildman–Crippen MR) is 112 cm³/mol. The van der Waals surface area contributed by atoms with Gasteiger partial charge in [-0.3, -0.25) is 4.31 Å². The minimum absolute atomic E-state index is 0.394. The highest BCUT2D eigenvalue weighted by Gasteiger charge is 2.11. The highest BCUT2D eigenvalue weighted by Crippen LogP contribution is 2.18. The number of nitrogens with one attached hydrogen (secondary N) is 2. The van der Waals surface area contributed by atoms with Crippen molar-refractivity contribution in [1.82, 2.24) is 5.32 Å². The molecule has 2 aromatic carbocycles. The van der Waals surface area contributed by atoms with Gasteiger partial charge in [-0.2, -0.15) is 0 Å². The summed E-state index contributed by atoms with van der Waals surface area (Å²) in [5, 5.41) is 17.2. The van der Waals surface area contributed by atoms with Gasteiger partial charge in [0, 0.05) is 30.8 Å². The molecule has 0 saturated carbocycles. The van der Waals surface area contributed by atoms with E-state index in [1.54, 1.807) is 24.3 Å². The number of halogens is 1. The predicted octanol–water partition coefficient (Wildman–Crippen LogP) is 2.34. The van der Waals surface area contributed by atoms with Gasteiger partial charge in [0.2, 0.25) is 10.0 Å². The van der Waals surface area contributed by atoms with Crippen molar-refractivity contribution >= 4 is 33.0 Å². The van der Waals surface area contributed by atoms with Gasteiger partial charge >= 0.3 is 0 Å². The fourth-order valence-corrected chi connectivity index (χ4v) is 3.20. The molecule has 0 spiro atoms. The average Bonchev–Trinajstić information content (AvgIpc) is 2.63. The maximum absolute atomic E-state index is 11.5. The van der Waals surface area contributed by atoms with Gasteiger partial charge in [0.15, 0.2) is 0 Å². The third-order valence-corrected chi connectivity index (χ3v) is 5.57. The Morgan fingerprint density at radius 1 is 1.15 bits per heavy atom. The van der Waals surface area contributed by atoms with E-state index in [1.807, 2.05) is 24.3 Å². The van der Waals surface area contributed by atoms with Crippen molar-refractivity contribution in [2.45, 2.75) is 12.5 Å². The van der Waals surface area contributed by atoms with Crippen molar-refractivity contribution in [2.75, 3.05) is 42.6 Å². The molecule has 148 valence electrons. The zero-order valence-electron chi connectivity index (χ0n) is 15.5. The molecule has 0 fully saturated rings. The zero-order chi connectivity index (χ0) is 19.9. The zero-order valence-corrected chi connectivity index (χ0v) is 17.1. The Kier molecular flexibility index (Phi) is 7.91. The quantitative estimate of drug-likeness (QED) is 0.523. The van der Waals surface area contributed by atoms with Crippen molar-refractivity contribution in [3.8, 4) is 0 Å². The van der Waals surface area contributed by atoms with E-state index in [2.05, 4.69) is 10.6 Å². The summed E-state index contributed by atoms with van der Waals surface area (Å²) < 4.78 is 24.3. The molecular weight excluding hydrogens is 386 g/mol. The number of hydrogen-bond donors (Lipinski definition) is 3. The van der Waals surface area contributed by atoms with Crippen LogP contribution in [0, 0.1) is 0 Å². The molecule has 0 bridgehead atoms. The Hall–Kier alpha value is -1.80. The van der Waals surface area contributed by atoms with Gasteiger partial charge in [-0.25, -0.2) is 8.42 Å². The number of benzene rings is 2. The third-order valence-electron chi connectivity index (χ3n) is 4.13. The fourth-order valence-electron chi connectivity index (χ4n) is 2.48. The van der Waals surface area contributed by atoms with Crippen LogP contribution in [0.25, 0.3) is 0 Å². The van der Waals surface area contributed by atoms with Gasteiger partial charge in [-0.05, 0) is 54.9 Å². The molecule has 8 heteroatoms. The van der Waals surface area contributed by atoms with E-state index in [-0.39, 0.29) is 0 Å². The van der Waals surface area contributed by atoms with Crippen LogP contribution in [-0.4, -0.2) is 52.6 Å². The summed E-state index contributed by atoms with van der Waals surface area (Å²) >= 11 is 5.96. The first-order valence-corrected chi connectivity index (χ1v) is 10.9. The topological polar surface area (TPSA) is 81.7 Å². The van der Waals surface area contributed by atoms with E-state index in [1.165, 1.54) is 11.4 Å². The number of aliphatic hydroxyl groups is 1. The normalized spacial score (nSPS) is 12.6. The van der Waals surface area contributed by atoms with Crippen molar-refractivity contribution < 1.29 is 13.5 Å². The first-order valence-electron chi connectivity index (χ1n) is 8.67. The molecule has 0 unspecified atom stereocenters. The molecule has 2 rings (SSSR count). The maximum atomic E-state index is 11.5. The fraction of sp³-hybridized carbons (Fsp3) is 0.368. The number of nitrogens with zero attached hydrogens (tertiary/aromatic N) is 1. The smallest absolute Gasteiger partial charge is 0.231 e. The second-order valence-electron chi connectivity index (χ2n) is 6.40. The van der Waals surface area contributed by atoms with Crippen LogP contribution in [0.1, 0.15) is 5.56 Å². The SMILES string of the molecule is CN(c1ccc(NC[C@H](O)CNCCc2cccc(Cl)c2)cc1)S(C)(=O)=O. The second-order valence-corrected chi connectivity index (χ2v) is 8.85. The number of sulfonamides is 1. The van der Waals surface area contributed by atoms with Crippen molar-refractivity contribution in [3.05, 3.63) is 59.1 Å². The van der Waals surface area contributed by atoms with Crippen molar-refractivity contribution in [3.63, 3.8) is 0 Å². The van der Waals surface area contributed by atoms with Crippen LogP contribution in [0.2, 0.25) is 5.02 Å². The molecule has 0 aliphatic carbocycles. The lowest BCUT2D eigenvalue weighted by atomic mass is 10.1. The Morgan fingerprint density at radius 3 is 2.48 bits per heavy atom. The highest BCUT2D eigenvalue weighted by molar-refractivity contribution is 7.92. The Bertz CT molecular complexity index is 828. The van der Waals surface area contributed by atoms with Gasteiger partial charge in [-0.1, -0.05) is 23.7 Å². The van der Waals surface area contributed by atoms with Crippen LogP contribution in [-0.2, 0) is 16.4 Å². The number of rotatable bonds is 10. The Balaban J connectivity index is 1.70. The summed E-state index contributed by atoms with van der Waals surface area (Å²) in [5.74, 6) is 0. The monoisotopic (exact) mass is 411 g/mol. The largest absolute Gasteiger partial charge is 0.390 e. The number of hydrogen-bond acceptors (Lipinski definition) is 5. The molecule has 0 aliphatic heterocycles. The summed E-state index contributed by atoms with van der Waals surface area (Å²) in [6.07, 6.45) is 1.47. The molecule has 0 heterocycles. The standard InChI is InChI=1S/C19H26ClN3O3S/c1-23(27(2,25)26)18-8-6-17(7-9-18)22-14-19(24)13-21-11-10-15-4-3-5-16(20)12-15/h3-9,12,19,21-22,24H,10-11,13-14H2,1-2H3/t19-/m1/s1. The van der Waals surface area contributed by atoms with E-state index in [4.69, 9.17) is 11.6 Å². The molecule has 0 amide bonds. The van der Waals surface area contributed by atoms with Gasteiger partial charge in [0.05, 0.1) is 18.0 Å². The van der Waals surface area contributed by atoms with E-state index in [0.717, 1.165) is 35.5 Å². The Labute approximate surface area is 166 Å². The maximum Gasteiger partial charge on any atom is 0.231 e. The van der Waals surface area contributed by atoms with Crippen LogP contribution < -0.4 is 14.9 Å². The van der Waals surface area contributed by atoms with E-state index in [0.29, 0.717) is 18.8 Å². The van der Waals surface area contributed by atoms with Crippen molar-refractivity contribution in [1.29, 1.82) is 0 Å². The van der Waals surface area contributed by atoms with Gasteiger partial charge < -0.3 is 15.7 Å². The molecule has 27 heavy (non-hydrogen) atoms. The molecule has 0 aliphatic rings. The number of anilines is 2. The van der Waals surface area contributed by atoms with Crippen LogP contribution in [0.5, 0.6) is 0 Å². The van der Waals surface area contributed by atoms with Crippen LogP contribution in [0.15, 0.2) is 48.5 Å². The minimum atomic E-state index is -3.27. The third kappa shape index (κ3) is 7.38. The molecular formula is C19H26ClN3O3S. The van der Waals surface area contributed by atoms with Crippen LogP contribution >= 0.6 is 11.6 Å². The molecule has 3 N–H and O–H groups in total. The lowest BCUT2D eigenvalue weighted by molar-refractivity contribution is 0.184. The highest BCUT2D eigenvalue weighted by atomic mass is 35.5. The van der Waals surface area contributed by atoms with Crippen LogP contribution in [0.4, 0.5) is 11.4 Å². The van der Waals surface area contributed by atoms with Gasteiger partial charge in [0.25, 0.3) is 0 Å². The summed E-state index contributed by atoms with van der Waals surface area (Å²) in [5.41, 5.74) is 2.56. The van der Waals surface area contributed by atoms with Gasteiger partial charge in [0.1, 0.15) is 0 Å². The lowest BCUT2D eigenvalue weighted by Crippen LogP contribution is -2.33. The molecule has 1 atom stereocenters. The lowest BCUT2D eigenvalue weighted by Gasteiger charge is -2.18. The van der Waals surface area contributed by atoms with E-state index in [9.17, 15) is 13.5 Å². The number of aliphatic hydroxyl groups excluding tert-OH is 1. The molecule has 0 aromatic heterocycles. The summed E-state index contributed by atoms with van der Waals surface area (Å²) in [6, 6.07) is 14.8. The summed E-state index contributed by atoms with van der Waals surface area (Å²) in [7, 11) is -1.76. The second kappa shape index (κ2) is 9.94. The average molecular weight is 412 g/mol. The van der Waals surface area contributed by atoms with Crippen LogP contribution in [0.3, 0.4) is 0 Å². The van der Waals surface area contributed by atoms with Gasteiger partial charge in [-0.15, -0.1) is 0 Å². The first-order chi connectivity index (χ1) is 12.8. The first kappa shape index (κ1) is 21.5. The molecule has 6 nitrogen and oxygen atoms in total. The summed E-state index contributed by atoms with van der Waals surface area (Å²) in [6.45, 7) is 1.62. The van der Waals surface area contributed by atoms with Crippen molar-refractivity contribution in [2.24, 2.45) is 0 Å². The molecule has 0 saturated heterocycles. The van der Waals surface area contributed by atoms with E-state index < -0.39 is 16.1 Å². The Morgan fingerprint density at radius 2 is 1.85 bits per heavy atom. The molecule has 2 aromatic rings. The molecule has 0 radical (unpaired) electrons.